The number of rotatable bonds is 4. The van der Waals surface area contributed by atoms with Crippen molar-refractivity contribution in [3.8, 4) is 0 Å². The highest BCUT2D eigenvalue weighted by atomic mass is 127. The van der Waals surface area contributed by atoms with Gasteiger partial charge in [0.15, 0.2) is 0 Å². The fourth-order valence-corrected chi connectivity index (χ4v) is 6.07. The van der Waals surface area contributed by atoms with Gasteiger partial charge >= 0.3 is 0 Å². The molecule has 1 unspecified atom stereocenters. The first-order valence-corrected chi connectivity index (χ1v) is 9.76. The van der Waals surface area contributed by atoms with Crippen molar-refractivity contribution in [2.45, 2.75) is 49.0 Å². The van der Waals surface area contributed by atoms with Crippen molar-refractivity contribution in [1.82, 2.24) is 0 Å². The van der Waals surface area contributed by atoms with Gasteiger partial charge < -0.3 is 4.84 Å². The van der Waals surface area contributed by atoms with Gasteiger partial charge in [-0.15, -0.1) is 0 Å². The van der Waals surface area contributed by atoms with Gasteiger partial charge in [0.1, 0.15) is 7.11 Å². The third-order valence-corrected chi connectivity index (χ3v) is 7.16. The van der Waals surface area contributed by atoms with E-state index in [9.17, 15) is 0 Å². The smallest absolute Gasteiger partial charge is 0.106 e. The minimum atomic E-state index is 0.541. The van der Waals surface area contributed by atoms with E-state index in [0.717, 1.165) is 16.9 Å². The average Bonchev–Trinajstić information content (AvgIpc) is 2.88. The third-order valence-electron chi connectivity index (χ3n) is 4.74. The Morgan fingerprint density at radius 3 is 2.76 bits per heavy atom. The molecule has 1 aromatic carbocycles. The van der Waals surface area contributed by atoms with Crippen LogP contribution in [0, 0.1) is 9.49 Å². The van der Waals surface area contributed by atoms with E-state index in [1.165, 1.54) is 34.1 Å². The molecule has 114 valence electrons. The Morgan fingerprint density at radius 2 is 2.10 bits per heavy atom. The molecule has 0 amide bonds. The van der Waals surface area contributed by atoms with Crippen LogP contribution in [0.15, 0.2) is 29.4 Å². The number of fused-ring (bicyclic) bond motifs is 2. The lowest BCUT2D eigenvalue weighted by molar-refractivity contribution is 0.209. The normalized spacial score (nSPS) is 32.2. The van der Waals surface area contributed by atoms with E-state index in [2.05, 4.69) is 70.7 Å². The minimum Gasteiger partial charge on any atom is -0.399 e. The highest BCUT2D eigenvalue weighted by Gasteiger charge is 2.45. The maximum atomic E-state index is 5.14. The van der Waals surface area contributed by atoms with E-state index in [1.807, 2.05) is 0 Å². The monoisotopic (exact) mass is 415 g/mol. The molecule has 2 fully saturated rings. The van der Waals surface area contributed by atoms with Gasteiger partial charge in [-0.05, 0) is 71.9 Å². The molecule has 2 saturated heterocycles. The quantitative estimate of drug-likeness (QED) is 0.389. The molecule has 0 radical (unpaired) electrons. The molecular weight excluding hydrogens is 393 g/mol. The highest BCUT2D eigenvalue weighted by molar-refractivity contribution is 14.1. The molecule has 2 heterocycles. The van der Waals surface area contributed by atoms with E-state index >= 15 is 0 Å². The molecule has 1 aromatic rings. The topological polar surface area (TPSA) is 21.6 Å². The van der Waals surface area contributed by atoms with Crippen LogP contribution >= 0.6 is 34.4 Å². The summed E-state index contributed by atoms with van der Waals surface area (Å²) in [6.07, 6.45) is 4.98. The summed E-state index contributed by atoms with van der Waals surface area (Å²) >= 11 is 4.57. The van der Waals surface area contributed by atoms with Crippen molar-refractivity contribution in [3.05, 3.63) is 33.4 Å². The van der Waals surface area contributed by atoms with Crippen LogP contribution in [-0.4, -0.2) is 23.3 Å². The number of hydrogen-bond acceptors (Lipinski definition) is 3. The summed E-state index contributed by atoms with van der Waals surface area (Å²) in [7, 11) is 1.67. The Kier molecular flexibility index (Phi) is 5.15. The van der Waals surface area contributed by atoms with Gasteiger partial charge in [-0.2, -0.15) is 11.8 Å². The Morgan fingerprint density at radius 1 is 1.33 bits per heavy atom. The van der Waals surface area contributed by atoms with Crippen molar-refractivity contribution >= 4 is 40.1 Å². The third kappa shape index (κ3) is 3.26. The van der Waals surface area contributed by atoms with Crippen LogP contribution in [0.1, 0.15) is 44.1 Å². The van der Waals surface area contributed by atoms with Crippen LogP contribution in [0.5, 0.6) is 0 Å². The van der Waals surface area contributed by atoms with Gasteiger partial charge in [0.05, 0.1) is 5.71 Å². The molecule has 0 aromatic heterocycles. The minimum absolute atomic E-state index is 0.541. The van der Waals surface area contributed by atoms with E-state index in [0.29, 0.717) is 11.8 Å². The number of nitrogens with zero attached hydrogens (tertiary/aromatic N) is 1. The molecule has 0 saturated carbocycles. The SMILES string of the molecule is CCC(=NOC)[C@@H]1[C@@H]2CCC(C[C@@H]1c1ccc(I)cc1)S2. The summed E-state index contributed by atoms with van der Waals surface area (Å²) in [4.78, 5) is 5.14. The number of hydrogen-bond donors (Lipinski definition) is 0. The number of oxime groups is 1. The number of halogens is 1. The van der Waals surface area contributed by atoms with Gasteiger partial charge in [-0.1, -0.05) is 24.2 Å². The summed E-state index contributed by atoms with van der Waals surface area (Å²) in [6, 6.07) is 9.09. The fourth-order valence-electron chi connectivity index (χ4n) is 3.84. The lowest BCUT2D eigenvalue weighted by Gasteiger charge is -2.37. The van der Waals surface area contributed by atoms with Gasteiger partial charge in [0.2, 0.25) is 0 Å². The van der Waals surface area contributed by atoms with E-state index < -0.39 is 0 Å². The molecule has 21 heavy (non-hydrogen) atoms. The molecule has 2 nitrogen and oxygen atoms in total. The Balaban J connectivity index is 1.95. The maximum absolute atomic E-state index is 5.14. The van der Waals surface area contributed by atoms with Gasteiger partial charge in [0.25, 0.3) is 0 Å². The van der Waals surface area contributed by atoms with Gasteiger partial charge in [-0.25, -0.2) is 0 Å². The first-order chi connectivity index (χ1) is 10.2. The molecule has 0 spiro atoms. The van der Waals surface area contributed by atoms with Crippen LogP contribution in [0.25, 0.3) is 0 Å². The van der Waals surface area contributed by atoms with Crippen molar-refractivity contribution in [2.75, 3.05) is 7.11 Å². The van der Waals surface area contributed by atoms with Gasteiger partial charge in [0, 0.05) is 20.0 Å². The summed E-state index contributed by atoms with van der Waals surface area (Å²) in [6.45, 7) is 2.20. The fraction of sp³-hybridized carbons (Fsp3) is 0.588. The van der Waals surface area contributed by atoms with Gasteiger partial charge in [-0.3, -0.25) is 0 Å². The van der Waals surface area contributed by atoms with E-state index in [4.69, 9.17) is 4.84 Å². The lowest BCUT2D eigenvalue weighted by Crippen LogP contribution is -2.34. The van der Waals surface area contributed by atoms with Crippen molar-refractivity contribution < 1.29 is 4.84 Å². The van der Waals surface area contributed by atoms with Crippen LogP contribution in [-0.2, 0) is 4.84 Å². The largest absolute Gasteiger partial charge is 0.399 e. The second kappa shape index (κ2) is 6.90. The van der Waals surface area contributed by atoms with Crippen molar-refractivity contribution in [3.63, 3.8) is 0 Å². The number of thioether (sulfide) groups is 1. The second-order valence-electron chi connectivity index (χ2n) is 5.91. The zero-order valence-electron chi connectivity index (χ0n) is 12.6. The zero-order chi connectivity index (χ0) is 14.8. The first kappa shape index (κ1) is 15.7. The molecule has 2 aliphatic heterocycles. The zero-order valence-corrected chi connectivity index (χ0v) is 15.6. The van der Waals surface area contributed by atoms with E-state index in [1.54, 1.807) is 7.11 Å². The van der Waals surface area contributed by atoms with Crippen LogP contribution in [0.2, 0.25) is 0 Å². The Labute approximate surface area is 145 Å². The Bertz CT molecular complexity index is 516. The standard InChI is InChI=1S/C17H22INOS/c1-3-15(19-20-2)17-14(10-13-8-9-16(17)21-13)11-4-6-12(18)7-5-11/h4-7,13-14,16-17H,3,8-10H2,1-2H3/t13?,14-,16+,17-/m1/s1. The van der Waals surface area contributed by atoms with Crippen molar-refractivity contribution in [1.29, 1.82) is 0 Å². The Hall–Kier alpha value is -0.230. The first-order valence-electron chi connectivity index (χ1n) is 7.73. The van der Waals surface area contributed by atoms with Crippen molar-refractivity contribution in [2.24, 2.45) is 11.1 Å². The summed E-state index contributed by atoms with van der Waals surface area (Å²) in [5.74, 6) is 1.15. The molecule has 0 N–H and O–H groups in total. The molecule has 4 heteroatoms. The molecule has 2 bridgehead atoms. The van der Waals surface area contributed by atoms with E-state index in [-0.39, 0.29) is 0 Å². The maximum Gasteiger partial charge on any atom is 0.106 e. The summed E-state index contributed by atoms with van der Waals surface area (Å²) in [5, 5.41) is 5.95. The molecular formula is C17H22INOS. The predicted molar refractivity (Wildman–Crippen MR) is 99.1 cm³/mol. The summed E-state index contributed by atoms with van der Waals surface area (Å²) < 4.78 is 1.31. The number of benzene rings is 1. The van der Waals surface area contributed by atoms with Crippen LogP contribution in [0.4, 0.5) is 0 Å². The second-order valence-corrected chi connectivity index (χ2v) is 8.70. The average molecular weight is 415 g/mol. The molecule has 3 rings (SSSR count). The molecule has 4 atom stereocenters. The van der Waals surface area contributed by atoms with Crippen LogP contribution < -0.4 is 0 Å². The predicted octanol–water partition coefficient (Wildman–Crippen LogP) is 5.07. The van der Waals surface area contributed by atoms with Crippen LogP contribution in [0.3, 0.4) is 0 Å². The summed E-state index contributed by atoms with van der Waals surface area (Å²) in [5.41, 5.74) is 2.73. The highest BCUT2D eigenvalue weighted by Crippen LogP contribution is 2.53. The molecule has 0 aliphatic carbocycles. The molecule has 2 aliphatic rings. The lowest BCUT2D eigenvalue weighted by atomic mass is 9.78.